The van der Waals surface area contributed by atoms with Crippen molar-refractivity contribution in [3.05, 3.63) is 65.9 Å². The molecule has 2 saturated carbocycles. The summed E-state index contributed by atoms with van der Waals surface area (Å²) in [5.74, 6) is 0.893. The van der Waals surface area contributed by atoms with Crippen LogP contribution in [0, 0.1) is 29.5 Å². The van der Waals surface area contributed by atoms with Crippen LogP contribution in [0.1, 0.15) is 49.8 Å². The van der Waals surface area contributed by atoms with E-state index in [1.165, 1.54) is 12.1 Å². The van der Waals surface area contributed by atoms with E-state index in [2.05, 4.69) is 15.3 Å². The van der Waals surface area contributed by atoms with Gasteiger partial charge in [0.1, 0.15) is 11.5 Å². The first-order valence-electron chi connectivity index (χ1n) is 11.6. The molecule has 0 radical (unpaired) electrons. The van der Waals surface area contributed by atoms with Crippen LogP contribution in [-0.4, -0.2) is 15.9 Å². The van der Waals surface area contributed by atoms with Gasteiger partial charge in [0, 0.05) is 17.5 Å². The van der Waals surface area contributed by atoms with Crippen molar-refractivity contribution >= 4 is 22.5 Å². The van der Waals surface area contributed by atoms with Crippen LogP contribution in [0.2, 0.25) is 0 Å². The van der Waals surface area contributed by atoms with Gasteiger partial charge in [-0.3, -0.25) is 9.78 Å². The third-order valence-electron chi connectivity index (χ3n) is 7.67. The summed E-state index contributed by atoms with van der Waals surface area (Å²) >= 11 is 0. The highest BCUT2D eigenvalue weighted by Crippen LogP contribution is 2.54. The van der Waals surface area contributed by atoms with Crippen molar-refractivity contribution in [2.45, 2.75) is 44.7 Å². The molecule has 8 heteroatoms. The van der Waals surface area contributed by atoms with Crippen LogP contribution < -0.4 is 5.32 Å². The van der Waals surface area contributed by atoms with E-state index in [1.807, 2.05) is 13.0 Å². The largest absolute Gasteiger partial charge is 0.433 e. The van der Waals surface area contributed by atoms with Crippen molar-refractivity contribution in [3.63, 3.8) is 0 Å². The molecule has 1 amide bonds. The minimum Gasteiger partial charge on any atom is -0.324 e. The van der Waals surface area contributed by atoms with Gasteiger partial charge in [0.15, 0.2) is 0 Å². The first kappa shape index (κ1) is 22.7. The molecule has 0 saturated heterocycles. The van der Waals surface area contributed by atoms with Crippen LogP contribution in [0.25, 0.3) is 10.9 Å². The Labute approximate surface area is 194 Å². The number of aromatic nitrogens is 2. The van der Waals surface area contributed by atoms with Gasteiger partial charge < -0.3 is 5.32 Å². The van der Waals surface area contributed by atoms with E-state index in [0.29, 0.717) is 17.8 Å². The molecule has 2 heterocycles. The van der Waals surface area contributed by atoms with Gasteiger partial charge in [-0.25, -0.2) is 9.37 Å². The maximum absolute atomic E-state index is 13.9. The molecule has 1 aromatic carbocycles. The van der Waals surface area contributed by atoms with Gasteiger partial charge in [-0.05, 0) is 91.3 Å². The summed E-state index contributed by atoms with van der Waals surface area (Å²) in [6.45, 7) is 1.88. The zero-order valence-electron chi connectivity index (χ0n) is 18.6. The lowest BCUT2D eigenvalue weighted by molar-refractivity contribution is -0.141. The molecule has 1 N–H and O–H groups in total. The van der Waals surface area contributed by atoms with Crippen molar-refractivity contribution in [1.82, 2.24) is 9.97 Å². The Hall–Kier alpha value is -3.03. The molecule has 3 aromatic rings. The number of fused-ring (bicyclic) bond motifs is 2. The molecule has 0 aliphatic heterocycles. The summed E-state index contributed by atoms with van der Waals surface area (Å²) in [4.78, 5) is 20.5. The number of nitrogens with zero attached hydrogens (tertiary/aromatic N) is 2. The number of hydrogen-bond donors (Lipinski definition) is 1. The second-order valence-corrected chi connectivity index (χ2v) is 9.69. The third-order valence-corrected chi connectivity index (χ3v) is 7.67. The number of rotatable bonds is 4. The maximum Gasteiger partial charge on any atom is 0.433 e. The fraction of sp³-hybridized carbons (Fsp3) is 0.423. The molecular formula is C26H25F4N3O. The number of benzene rings is 1. The zero-order valence-corrected chi connectivity index (χ0v) is 18.6. The van der Waals surface area contributed by atoms with E-state index >= 15 is 0 Å². The van der Waals surface area contributed by atoms with Crippen LogP contribution in [0.3, 0.4) is 0 Å². The van der Waals surface area contributed by atoms with Gasteiger partial charge in [-0.1, -0.05) is 6.92 Å². The number of halogens is 4. The number of amides is 1. The number of carbonyl (C=O) groups is 1. The van der Waals surface area contributed by atoms with Crippen LogP contribution in [-0.2, 0) is 11.0 Å². The van der Waals surface area contributed by atoms with Crippen LogP contribution >= 0.6 is 0 Å². The Balaban J connectivity index is 1.21. The molecule has 4 nitrogen and oxygen atoms in total. The summed E-state index contributed by atoms with van der Waals surface area (Å²) in [5.41, 5.74) is 1.23. The molecule has 34 heavy (non-hydrogen) atoms. The van der Waals surface area contributed by atoms with E-state index < -0.39 is 11.9 Å². The third kappa shape index (κ3) is 4.38. The molecule has 2 aromatic heterocycles. The predicted molar refractivity (Wildman–Crippen MR) is 120 cm³/mol. The van der Waals surface area contributed by atoms with Gasteiger partial charge in [-0.15, -0.1) is 0 Å². The Morgan fingerprint density at radius 1 is 1.03 bits per heavy atom. The number of pyridine rings is 2. The van der Waals surface area contributed by atoms with E-state index in [9.17, 15) is 22.4 Å². The minimum atomic E-state index is -4.51. The molecule has 2 aliphatic rings. The van der Waals surface area contributed by atoms with Gasteiger partial charge in [0.25, 0.3) is 0 Å². The molecule has 2 aliphatic carbocycles. The molecule has 5 rings (SSSR count). The Bertz CT molecular complexity index is 1200. The van der Waals surface area contributed by atoms with E-state index in [-0.39, 0.29) is 29.2 Å². The molecule has 3 unspecified atom stereocenters. The number of carbonyl (C=O) groups excluding carboxylic acids is 1. The van der Waals surface area contributed by atoms with Crippen molar-refractivity contribution in [2.24, 2.45) is 23.7 Å². The highest BCUT2D eigenvalue weighted by molar-refractivity contribution is 5.92. The van der Waals surface area contributed by atoms with E-state index in [1.54, 1.807) is 18.3 Å². The minimum absolute atomic E-state index is 0.196. The highest BCUT2D eigenvalue weighted by atomic mass is 19.4. The first-order valence-corrected chi connectivity index (χ1v) is 11.6. The lowest BCUT2D eigenvalue weighted by Crippen LogP contribution is -2.26. The number of hydrogen-bond acceptors (Lipinski definition) is 3. The van der Waals surface area contributed by atoms with Crippen LogP contribution in [0.5, 0.6) is 0 Å². The van der Waals surface area contributed by atoms with Gasteiger partial charge in [-0.2, -0.15) is 13.2 Å². The van der Waals surface area contributed by atoms with Gasteiger partial charge in [0.2, 0.25) is 5.91 Å². The molecule has 0 bridgehead atoms. The maximum atomic E-state index is 13.9. The van der Waals surface area contributed by atoms with E-state index in [0.717, 1.165) is 54.4 Å². The van der Waals surface area contributed by atoms with Crippen LogP contribution in [0.4, 0.5) is 23.2 Å². The monoisotopic (exact) mass is 471 g/mol. The Morgan fingerprint density at radius 2 is 1.76 bits per heavy atom. The lowest BCUT2D eigenvalue weighted by Gasteiger charge is -2.21. The smallest absolute Gasteiger partial charge is 0.324 e. The number of alkyl halides is 3. The second kappa shape index (κ2) is 8.64. The first-order chi connectivity index (χ1) is 16.2. The summed E-state index contributed by atoms with van der Waals surface area (Å²) in [6.07, 6.45) is 2.23. The molecule has 178 valence electrons. The summed E-state index contributed by atoms with van der Waals surface area (Å²) in [6, 6.07) is 8.81. The Kier molecular flexibility index (Phi) is 5.78. The number of anilines is 1. The van der Waals surface area contributed by atoms with Crippen molar-refractivity contribution in [1.29, 1.82) is 0 Å². The zero-order chi connectivity index (χ0) is 24.0. The van der Waals surface area contributed by atoms with Gasteiger partial charge >= 0.3 is 6.18 Å². The average molecular weight is 471 g/mol. The summed E-state index contributed by atoms with van der Waals surface area (Å²) < 4.78 is 51.9. The van der Waals surface area contributed by atoms with Crippen molar-refractivity contribution in [2.75, 3.05) is 5.32 Å². The molecular weight excluding hydrogens is 446 g/mol. The fourth-order valence-corrected chi connectivity index (χ4v) is 5.93. The molecule has 2 fully saturated rings. The lowest BCUT2D eigenvalue weighted by atomic mass is 9.86. The fourth-order valence-electron chi connectivity index (χ4n) is 5.93. The van der Waals surface area contributed by atoms with Crippen molar-refractivity contribution in [3.8, 4) is 0 Å². The average Bonchev–Trinajstić information content (AvgIpc) is 3.37. The predicted octanol–water partition coefficient (Wildman–Crippen LogP) is 6.58. The molecule has 0 spiro atoms. The standard InChI is InChI=1S/C26H25F4N3O/c1-14(25(34)33-20-3-5-24(32-13-20)26(28,29)30)15-8-16-10-18(11-17(16)9-15)21-6-7-31-23-4-2-19(27)12-22(21)23/h2-7,12-18H,8-11H2,1H3,(H,33,34)/t14?,15?,16-,17+,18?. The van der Waals surface area contributed by atoms with E-state index in [4.69, 9.17) is 0 Å². The normalized spacial score (nSPS) is 25.3. The second-order valence-electron chi connectivity index (χ2n) is 9.69. The molecule has 5 atom stereocenters. The quantitative estimate of drug-likeness (QED) is 0.437. The van der Waals surface area contributed by atoms with Crippen LogP contribution in [0.15, 0.2) is 48.8 Å². The SMILES string of the molecule is CC(C(=O)Nc1ccc(C(F)(F)F)nc1)C1C[C@H]2CC(c3ccnc4ccc(F)cc34)C[C@H]2C1. The van der Waals surface area contributed by atoms with Gasteiger partial charge in [0.05, 0.1) is 17.4 Å². The highest BCUT2D eigenvalue weighted by Gasteiger charge is 2.44. The Morgan fingerprint density at radius 3 is 2.41 bits per heavy atom. The topological polar surface area (TPSA) is 54.9 Å². The summed E-state index contributed by atoms with van der Waals surface area (Å²) in [5, 5.41) is 3.59. The number of nitrogens with one attached hydrogen (secondary N) is 1. The van der Waals surface area contributed by atoms with Crippen molar-refractivity contribution < 1.29 is 22.4 Å². The summed E-state index contributed by atoms with van der Waals surface area (Å²) in [7, 11) is 0.